The molecule has 1 saturated heterocycles. The van der Waals surface area contributed by atoms with E-state index in [1.54, 1.807) is 18.2 Å². The molecule has 4 heteroatoms. The van der Waals surface area contributed by atoms with Crippen LogP contribution in [0.25, 0.3) is 0 Å². The predicted molar refractivity (Wildman–Crippen MR) is 62.5 cm³/mol. The van der Waals surface area contributed by atoms with Gasteiger partial charge in [-0.15, -0.1) is 0 Å². The van der Waals surface area contributed by atoms with Crippen molar-refractivity contribution in [3.05, 3.63) is 28.8 Å². The molecule has 0 N–H and O–H groups in total. The maximum absolute atomic E-state index is 11.7. The van der Waals surface area contributed by atoms with Crippen LogP contribution in [-0.2, 0) is 9.59 Å². The van der Waals surface area contributed by atoms with E-state index in [1.807, 2.05) is 6.92 Å². The van der Waals surface area contributed by atoms with Gasteiger partial charge in [-0.3, -0.25) is 14.5 Å². The van der Waals surface area contributed by atoms with Crippen LogP contribution in [0.5, 0.6) is 0 Å². The van der Waals surface area contributed by atoms with Crippen molar-refractivity contribution >= 4 is 29.1 Å². The number of halogens is 1. The third-order valence-corrected chi connectivity index (χ3v) is 3.17. The molecule has 0 aromatic heterocycles. The highest BCUT2D eigenvalue weighted by Gasteiger charge is 2.28. The molecule has 3 nitrogen and oxygen atoms in total. The van der Waals surface area contributed by atoms with Crippen molar-refractivity contribution in [2.45, 2.75) is 26.2 Å². The molecule has 0 saturated carbocycles. The molecule has 1 aromatic carbocycles. The van der Waals surface area contributed by atoms with Gasteiger partial charge in [-0.2, -0.15) is 0 Å². The zero-order chi connectivity index (χ0) is 11.7. The number of hydrogen-bond donors (Lipinski definition) is 0. The number of hydrogen-bond acceptors (Lipinski definition) is 2. The summed E-state index contributed by atoms with van der Waals surface area (Å²) in [5, 5.41) is 0.573. The second-order valence-electron chi connectivity index (χ2n) is 3.86. The number of carbonyl (C=O) groups excluding carboxylic acids is 2. The molecule has 1 heterocycles. The van der Waals surface area contributed by atoms with Crippen LogP contribution in [0.15, 0.2) is 18.2 Å². The Morgan fingerprint density at radius 3 is 2.44 bits per heavy atom. The van der Waals surface area contributed by atoms with Crippen LogP contribution in [-0.4, -0.2) is 11.8 Å². The van der Waals surface area contributed by atoms with Crippen molar-refractivity contribution in [1.82, 2.24) is 0 Å². The summed E-state index contributed by atoms with van der Waals surface area (Å²) in [5.41, 5.74) is 1.38. The first-order chi connectivity index (χ1) is 7.61. The van der Waals surface area contributed by atoms with Gasteiger partial charge in [-0.05, 0) is 31.0 Å². The van der Waals surface area contributed by atoms with E-state index in [0.717, 1.165) is 5.56 Å². The first kappa shape index (κ1) is 11.1. The van der Waals surface area contributed by atoms with E-state index in [9.17, 15) is 9.59 Å². The van der Waals surface area contributed by atoms with E-state index in [1.165, 1.54) is 4.90 Å². The minimum absolute atomic E-state index is 0.137. The summed E-state index contributed by atoms with van der Waals surface area (Å²) in [6, 6.07) is 5.25. The molecular weight excluding hydrogens is 226 g/mol. The van der Waals surface area contributed by atoms with Gasteiger partial charge >= 0.3 is 0 Å². The lowest BCUT2D eigenvalue weighted by Crippen LogP contribution is -2.40. The third kappa shape index (κ3) is 1.83. The summed E-state index contributed by atoms with van der Waals surface area (Å²) in [4.78, 5) is 24.7. The molecule has 84 valence electrons. The Kier molecular flexibility index (Phi) is 2.97. The SMILES string of the molecule is Cc1c(Cl)cccc1N1C(=O)CCCC1=O. The van der Waals surface area contributed by atoms with Gasteiger partial charge in [0.05, 0.1) is 5.69 Å². The predicted octanol–water partition coefficient (Wildman–Crippen LogP) is 2.69. The number of nitrogens with zero attached hydrogens (tertiary/aromatic N) is 1. The summed E-state index contributed by atoms with van der Waals surface area (Å²) < 4.78 is 0. The summed E-state index contributed by atoms with van der Waals surface area (Å²) >= 11 is 5.98. The number of amides is 2. The average molecular weight is 238 g/mol. The first-order valence-corrected chi connectivity index (χ1v) is 5.60. The molecule has 0 bridgehead atoms. The van der Waals surface area contributed by atoms with E-state index in [4.69, 9.17) is 11.6 Å². The van der Waals surface area contributed by atoms with E-state index in [0.29, 0.717) is 30.0 Å². The number of anilines is 1. The van der Waals surface area contributed by atoms with Gasteiger partial charge in [0, 0.05) is 17.9 Å². The standard InChI is InChI=1S/C12H12ClNO2/c1-8-9(13)4-2-5-10(8)14-11(15)6-3-7-12(14)16/h2,4-5H,3,6-7H2,1H3. The normalized spacial score (nSPS) is 16.8. The Balaban J connectivity index is 2.46. The van der Waals surface area contributed by atoms with Crippen LogP contribution >= 0.6 is 11.6 Å². The lowest BCUT2D eigenvalue weighted by molar-refractivity contribution is -0.129. The summed E-state index contributed by atoms with van der Waals surface area (Å²) in [5.74, 6) is -0.275. The number of piperidine rings is 1. The van der Waals surface area contributed by atoms with E-state index in [-0.39, 0.29) is 11.8 Å². The zero-order valence-electron chi connectivity index (χ0n) is 9.00. The van der Waals surface area contributed by atoms with Crippen molar-refractivity contribution in [3.63, 3.8) is 0 Å². The molecule has 0 aliphatic carbocycles. The molecule has 2 rings (SSSR count). The summed E-state index contributed by atoms with van der Waals surface area (Å²) in [7, 11) is 0. The molecule has 1 aromatic rings. The Morgan fingerprint density at radius 2 is 1.81 bits per heavy atom. The minimum atomic E-state index is -0.137. The number of benzene rings is 1. The molecule has 0 atom stereocenters. The van der Waals surface area contributed by atoms with Gasteiger partial charge < -0.3 is 0 Å². The second kappa shape index (κ2) is 4.26. The van der Waals surface area contributed by atoms with Crippen LogP contribution < -0.4 is 4.90 Å². The molecule has 0 spiro atoms. The van der Waals surface area contributed by atoms with Crippen LogP contribution in [0.1, 0.15) is 24.8 Å². The lowest BCUT2D eigenvalue weighted by Gasteiger charge is -2.26. The van der Waals surface area contributed by atoms with Gasteiger partial charge in [-0.1, -0.05) is 17.7 Å². The van der Waals surface area contributed by atoms with Crippen LogP contribution in [0, 0.1) is 6.92 Å². The largest absolute Gasteiger partial charge is 0.274 e. The second-order valence-corrected chi connectivity index (χ2v) is 4.27. The monoisotopic (exact) mass is 237 g/mol. The highest BCUT2D eigenvalue weighted by atomic mass is 35.5. The first-order valence-electron chi connectivity index (χ1n) is 5.22. The summed E-state index contributed by atoms with van der Waals surface area (Å²) in [6.07, 6.45) is 1.50. The maximum Gasteiger partial charge on any atom is 0.233 e. The van der Waals surface area contributed by atoms with E-state index in [2.05, 4.69) is 0 Å². The Labute approximate surface area is 99.0 Å². The maximum atomic E-state index is 11.7. The fourth-order valence-corrected chi connectivity index (χ4v) is 2.03. The van der Waals surface area contributed by atoms with Gasteiger partial charge in [-0.25, -0.2) is 0 Å². The molecule has 16 heavy (non-hydrogen) atoms. The van der Waals surface area contributed by atoms with Gasteiger partial charge in [0.2, 0.25) is 11.8 Å². The van der Waals surface area contributed by atoms with E-state index < -0.39 is 0 Å². The van der Waals surface area contributed by atoms with Crippen LogP contribution in [0.3, 0.4) is 0 Å². The molecule has 0 radical (unpaired) electrons. The fourth-order valence-electron chi connectivity index (χ4n) is 1.86. The number of rotatable bonds is 1. The van der Waals surface area contributed by atoms with Gasteiger partial charge in [0.25, 0.3) is 0 Å². The van der Waals surface area contributed by atoms with Crippen molar-refractivity contribution in [1.29, 1.82) is 0 Å². The Morgan fingerprint density at radius 1 is 1.19 bits per heavy atom. The summed E-state index contributed by atoms with van der Waals surface area (Å²) in [6.45, 7) is 1.81. The third-order valence-electron chi connectivity index (χ3n) is 2.76. The van der Waals surface area contributed by atoms with Gasteiger partial charge in [0.1, 0.15) is 0 Å². The minimum Gasteiger partial charge on any atom is -0.274 e. The Hall–Kier alpha value is -1.35. The van der Waals surface area contributed by atoms with E-state index >= 15 is 0 Å². The van der Waals surface area contributed by atoms with Crippen molar-refractivity contribution in [3.8, 4) is 0 Å². The van der Waals surface area contributed by atoms with Crippen molar-refractivity contribution < 1.29 is 9.59 Å². The highest BCUT2D eigenvalue weighted by Crippen LogP contribution is 2.29. The molecule has 1 aliphatic heterocycles. The highest BCUT2D eigenvalue weighted by molar-refractivity contribution is 6.32. The molecule has 1 fully saturated rings. The molecular formula is C12H12ClNO2. The quantitative estimate of drug-likeness (QED) is 0.705. The van der Waals surface area contributed by atoms with Crippen molar-refractivity contribution in [2.75, 3.05) is 4.90 Å². The van der Waals surface area contributed by atoms with Crippen molar-refractivity contribution in [2.24, 2.45) is 0 Å². The van der Waals surface area contributed by atoms with Crippen LogP contribution in [0.4, 0.5) is 5.69 Å². The zero-order valence-corrected chi connectivity index (χ0v) is 9.75. The molecule has 2 amide bonds. The molecule has 0 unspecified atom stereocenters. The smallest absolute Gasteiger partial charge is 0.233 e. The number of imide groups is 1. The Bertz CT molecular complexity index is 440. The molecule has 1 aliphatic rings. The fraction of sp³-hybridized carbons (Fsp3) is 0.333. The number of carbonyl (C=O) groups is 2. The topological polar surface area (TPSA) is 37.4 Å². The van der Waals surface area contributed by atoms with Crippen LogP contribution in [0.2, 0.25) is 5.02 Å². The lowest BCUT2D eigenvalue weighted by atomic mass is 10.1. The van der Waals surface area contributed by atoms with Gasteiger partial charge in [0.15, 0.2) is 0 Å². The average Bonchev–Trinajstić information content (AvgIpc) is 2.24.